The Labute approximate surface area is 134 Å². The number of nitrogens with zero attached hydrogens (tertiary/aromatic N) is 3. The molecular weight excluding hydrogens is 321 g/mol. The lowest BCUT2D eigenvalue weighted by atomic mass is 10.1. The van der Waals surface area contributed by atoms with Gasteiger partial charge in [-0.25, -0.2) is 12.8 Å². The number of aromatic nitrogens is 2. The van der Waals surface area contributed by atoms with Crippen molar-refractivity contribution in [3.05, 3.63) is 47.4 Å². The van der Waals surface area contributed by atoms with Crippen LogP contribution in [0.2, 0.25) is 0 Å². The molecule has 2 heterocycles. The van der Waals surface area contributed by atoms with Crippen molar-refractivity contribution in [3.63, 3.8) is 0 Å². The van der Waals surface area contributed by atoms with E-state index in [1.165, 1.54) is 27.3 Å². The van der Waals surface area contributed by atoms with Gasteiger partial charge in [-0.1, -0.05) is 12.1 Å². The third-order valence-corrected chi connectivity index (χ3v) is 5.90. The monoisotopic (exact) mass is 339 g/mol. The molecular formula is C15H18FN3O3S. The first-order chi connectivity index (χ1) is 10.9. The minimum absolute atomic E-state index is 0.147. The number of halogens is 1. The highest BCUT2D eigenvalue weighted by molar-refractivity contribution is 7.89. The number of hydrogen-bond donors (Lipinski definition) is 0. The summed E-state index contributed by atoms with van der Waals surface area (Å²) in [6.07, 6.45) is 1.04. The van der Waals surface area contributed by atoms with E-state index in [1.807, 2.05) is 0 Å². The van der Waals surface area contributed by atoms with Gasteiger partial charge in [-0.2, -0.15) is 9.40 Å². The maximum atomic E-state index is 13.4. The Hall–Kier alpha value is -1.77. The molecule has 3 rings (SSSR count). The van der Waals surface area contributed by atoms with Crippen molar-refractivity contribution < 1.29 is 17.5 Å². The van der Waals surface area contributed by atoms with Crippen molar-refractivity contribution in [1.82, 2.24) is 14.1 Å². The molecule has 0 spiro atoms. The number of benzene rings is 1. The maximum Gasteiger partial charge on any atom is 0.260 e. The molecule has 124 valence electrons. The third-order valence-electron chi connectivity index (χ3n) is 3.96. The molecule has 0 bridgehead atoms. The molecule has 23 heavy (non-hydrogen) atoms. The van der Waals surface area contributed by atoms with Crippen LogP contribution in [0.4, 0.5) is 4.39 Å². The number of hydrogen-bond acceptors (Lipinski definition) is 4. The smallest absolute Gasteiger partial charge is 0.260 e. The van der Waals surface area contributed by atoms with Crippen LogP contribution in [0.15, 0.2) is 35.5 Å². The van der Waals surface area contributed by atoms with Gasteiger partial charge in [0.1, 0.15) is 5.82 Å². The minimum Gasteiger partial charge on any atom is -0.371 e. The van der Waals surface area contributed by atoms with Crippen LogP contribution in [-0.2, 0) is 21.8 Å². The topological polar surface area (TPSA) is 64.4 Å². The van der Waals surface area contributed by atoms with Crippen LogP contribution in [0.3, 0.4) is 0 Å². The van der Waals surface area contributed by atoms with Crippen molar-refractivity contribution in [2.75, 3.05) is 19.7 Å². The van der Waals surface area contributed by atoms with Gasteiger partial charge < -0.3 is 4.74 Å². The average Bonchev–Trinajstić information content (AvgIpc) is 2.97. The molecule has 1 aromatic heterocycles. The molecule has 1 unspecified atom stereocenters. The molecule has 2 aromatic rings. The van der Waals surface area contributed by atoms with Crippen molar-refractivity contribution in [3.8, 4) is 0 Å². The maximum absolute atomic E-state index is 13.4. The second-order valence-corrected chi connectivity index (χ2v) is 7.41. The summed E-state index contributed by atoms with van der Waals surface area (Å²) in [5.41, 5.74) is 1.28. The molecule has 8 heteroatoms. The summed E-state index contributed by atoms with van der Waals surface area (Å²) >= 11 is 0. The number of aryl methyl sites for hydroxylation is 2. The fraction of sp³-hybridized carbons (Fsp3) is 0.400. The van der Waals surface area contributed by atoms with E-state index in [2.05, 4.69) is 5.10 Å². The highest BCUT2D eigenvalue weighted by atomic mass is 32.2. The Kier molecular flexibility index (Phi) is 4.22. The fourth-order valence-corrected chi connectivity index (χ4v) is 4.19. The van der Waals surface area contributed by atoms with E-state index in [0.29, 0.717) is 5.56 Å². The van der Waals surface area contributed by atoms with Crippen molar-refractivity contribution in [1.29, 1.82) is 0 Å². The van der Waals surface area contributed by atoms with Crippen LogP contribution >= 0.6 is 0 Å². The Morgan fingerprint density at radius 3 is 2.78 bits per heavy atom. The van der Waals surface area contributed by atoms with Gasteiger partial charge in [0.2, 0.25) is 0 Å². The molecule has 1 fully saturated rings. The second kappa shape index (κ2) is 6.03. The Morgan fingerprint density at radius 1 is 1.35 bits per heavy atom. The largest absolute Gasteiger partial charge is 0.371 e. The van der Waals surface area contributed by atoms with E-state index in [4.69, 9.17) is 4.74 Å². The van der Waals surface area contributed by atoms with Gasteiger partial charge in [0.15, 0.2) is 5.03 Å². The average molecular weight is 339 g/mol. The Bertz CT molecular complexity index is 819. The summed E-state index contributed by atoms with van der Waals surface area (Å²) in [5, 5.41) is 4.06. The molecule has 1 aliphatic rings. The third kappa shape index (κ3) is 3.01. The summed E-state index contributed by atoms with van der Waals surface area (Å²) in [6, 6.07) is 6.18. The summed E-state index contributed by atoms with van der Waals surface area (Å²) in [7, 11) is -2.04. The van der Waals surface area contributed by atoms with E-state index < -0.39 is 16.1 Å². The summed E-state index contributed by atoms with van der Waals surface area (Å²) < 4.78 is 47.2. The molecule has 6 nitrogen and oxygen atoms in total. The predicted molar refractivity (Wildman–Crippen MR) is 81.8 cm³/mol. The lowest BCUT2D eigenvalue weighted by Gasteiger charge is -2.32. The van der Waals surface area contributed by atoms with E-state index in [0.717, 1.165) is 5.56 Å². The molecule has 1 aliphatic heterocycles. The molecule has 0 N–H and O–H groups in total. The molecule has 1 aromatic carbocycles. The van der Waals surface area contributed by atoms with E-state index in [1.54, 1.807) is 26.1 Å². The summed E-state index contributed by atoms with van der Waals surface area (Å²) in [4.78, 5) is 0. The molecule has 1 atom stereocenters. The van der Waals surface area contributed by atoms with Gasteiger partial charge in [-0.15, -0.1) is 0 Å². The standard InChI is InChI=1S/C15H18FN3O3S/c1-11-9-12(3-4-13(11)16)14-10-19(7-8-22-14)23(20,21)15-5-6-17-18(15)2/h3-6,9,14H,7-8,10H2,1-2H3. The van der Waals surface area contributed by atoms with Crippen LogP contribution in [0.1, 0.15) is 17.2 Å². The number of ether oxygens (including phenoxy) is 1. The first kappa shape index (κ1) is 16.1. The van der Waals surface area contributed by atoms with Crippen LogP contribution in [0, 0.1) is 12.7 Å². The Balaban J connectivity index is 1.86. The normalized spacial score (nSPS) is 19.9. The van der Waals surface area contributed by atoms with Gasteiger partial charge in [-0.05, 0) is 30.2 Å². The van der Waals surface area contributed by atoms with Gasteiger partial charge in [0.05, 0.1) is 18.9 Å². The zero-order valence-electron chi connectivity index (χ0n) is 12.9. The first-order valence-electron chi connectivity index (χ1n) is 7.25. The molecule has 0 amide bonds. The number of rotatable bonds is 3. The quantitative estimate of drug-likeness (QED) is 0.853. The van der Waals surface area contributed by atoms with E-state index in [9.17, 15) is 12.8 Å². The SMILES string of the molecule is Cc1cc(C2CN(S(=O)(=O)c3ccnn3C)CCO2)ccc1F. The summed E-state index contributed by atoms with van der Waals surface area (Å²) in [6.45, 7) is 2.44. The highest BCUT2D eigenvalue weighted by Crippen LogP contribution is 2.27. The highest BCUT2D eigenvalue weighted by Gasteiger charge is 2.33. The van der Waals surface area contributed by atoms with Crippen LogP contribution in [-0.4, -0.2) is 42.2 Å². The molecule has 1 saturated heterocycles. The van der Waals surface area contributed by atoms with E-state index in [-0.39, 0.29) is 30.5 Å². The van der Waals surface area contributed by atoms with Gasteiger partial charge in [-0.3, -0.25) is 4.68 Å². The lowest BCUT2D eigenvalue weighted by Crippen LogP contribution is -2.42. The van der Waals surface area contributed by atoms with Gasteiger partial charge in [0.25, 0.3) is 10.0 Å². The lowest BCUT2D eigenvalue weighted by molar-refractivity contribution is -0.00274. The molecule has 0 saturated carbocycles. The molecule has 0 radical (unpaired) electrons. The van der Waals surface area contributed by atoms with E-state index >= 15 is 0 Å². The van der Waals surface area contributed by atoms with Crippen molar-refractivity contribution in [2.24, 2.45) is 7.05 Å². The zero-order valence-corrected chi connectivity index (χ0v) is 13.8. The summed E-state index contributed by atoms with van der Waals surface area (Å²) in [5.74, 6) is -0.288. The number of sulfonamides is 1. The second-order valence-electron chi connectivity index (χ2n) is 5.52. The van der Waals surface area contributed by atoms with Crippen LogP contribution < -0.4 is 0 Å². The zero-order chi connectivity index (χ0) is 16.6. The van der Waals surface area contributed by atoms with Crippen LogP contribution in [0.25, 0.3) is 0 Å². The molecule has 0 aliphatic carbocycles. The minimum atomic E-state index is -3.63. The van der Waals surface area contributed by atoms with Crippen molar-refractivity contribution in [2.45, 2.75) is 18.1 Å². The fourth-order valence-electron chi connectivity index (χ4n) is 2.66. The predicted octanol–water partition coefficient (Wildman–Crippen LogP) is 1.63. The Morgan fingerprint density at radius 2 is 2.13 bits per heavy atom. The first-order valence-corrected chi connectivity index (χ1v) is 8.69. The van der Waals surface area contributed by atoms with Gasteiger partial charge >= 0.3 is 0 Å². The number of morpholine rings is 1. The van der Waals surface area contributed by atoms with Crippen molar-refractivity contribution >= 4 is 10.0 Å². The van der Waals surface area contributed by atoms with Gasteiger partial charge in [0, 0.05) is 20.1 Å². The van der Waals surface area contributed by atoms with Crippen LogP contribution in [0.5, 0.6) is 0 Å².